The lowest BCUT2D eigenvalue weighted by atomic mass is 9.76. The molecule has 0 bridgehead atoms. The van der Waals surface area contributed by atoms with Crippen LogP contribution in [0.2, 0.25) is 0 Å². The topological polar surface area (TPSA) is 38.3 Å². The van der Waals surface area contributed by atoms with Crippen molar-refractivity contribution in [1.82, 2.24) is 5.32 Å². The maximum Gasteiger partial charge on any atom is 0.169 e. The summed E-state index contributed by atoms with van der Waals surface area (Å²) in [6.45, 7) is 4.83. The summed E-state index contributed by atoms with van der Waals surface area (Å²) >= 11 is 1.76. The lowest BCUT2D eigenvalue weighted by Gasteiger charge is -2.29. The van der Waals surface area contributed by atoms with Crippen LogP contribution in [0.5, 0.6) is 0 Å². The SMILES string of the molecule is CCOCC1(C(=O)C2=CSC3C=CC=CC23)CCNC1. The van der Waals surface area contributed by atoms with Gasteiger partial charge in [0.25, 0.3) is 0 Å². The van der Waals surface area contributed by atoms with E-state index in [0.717, 1.165) is 25.1 Å². The molecule has 0 amide bonds. The van der Waals surface area contributed by atoms with Crippen molar-refractivity contribution >= 4 is 17.5 Å². The van der Waals surface area contributed by atoms with Crippen molar-refractivity contribution in [2.45, 2.75) is 18.6 Å². The van der Waals surface area contributed by atoms with Crippen LogP contribution >= 0.6 is 11.8 Å². The predicted octanol–water partition coefficient (Wildman–Crippen LogP) is 2.31. The lowest BCUT2D eigenvalue weighted by Crippen LogP contribution is -2.40. The highest BCUT2D eigenvalue weighted by Crippen LogP contribution is 2.43. The molecule has 0 aromatic rings. The first-order valence-corrected chi connectivity index (χ1v) is 8.25. The number of thioether (sulfide) groups is 1. The molecule has 0 radical (unpaired) electrons. The van der Waals surface area contributed by atoms with Gasteiger partial charge in [-0.1, -0.05) is 24.3 Å². The highest BCUT2D eigenvalue weighted by Gasteiger charge is 2.46. The maximum absolute atomic E-state index is 13.1. The number of ether oxygens (including phenoxy) is 1. The Labute approximate surface area is 124 Å². The second kappa shape index (κ2) is 5.88. The van der Waals surface area contributed by atoms with E-state index in [-0.39, 0.29) is 17.1 Å². The number of Topliss-reactive ketones (excluding diaryl/α,β-unsaturated/α-hetero) is 1. The zero-order valence-corrected chi connectivity index (χ0v) is 12.6. The van der Waals surface area contributed by atoms with Crippen LogP contribution < -0.4 is 5.32 Å². The van der Waals surface area contributed by atoms with Crippen molar-refractivity contribution in [3.8, 4) is 0 Å². The molecule has 1 saturated heterocycles. The minimum absolute atomic E-state index is 0.247. The Balaban J connectivity index is 1.80. The Morgan fingerprint density at radius 1 is 1.50 bits per heavy atom. The van der Waals surface area contributed by atoms with Gasteiger partial charge in [0.1, 0.15) is 0 Å². The number of carbonyl (C=O) groups is 1. The highest BCUT2D eigenvalue weighted by molar-refractivity contribution is 8.03. The summed E-state index contributed by atoms with van der Waals surface area (Å²) in [4.78, 5) is 13.1. The first kappa shape index (κ1) is 14.1. The van der Waals surface area contributed by atoms with E-state index >= 15 is 0 Å². The van der Waals surface area contributed by atoms with Crippen molar-refractivity contribution in [2.24, 2.45) is 11.3 Å². The number of nitrogens with one attached hydrogen (secondary N) is 1. The van der Waals surface area contributed by atoms with Crippen LogP contribution in [-0.2, 0) is 9.53 Å². The molecule has 1 N–H and O–H groups in total. The third-order valence-corrected chi connectivity index (χ3v) is 5.52. The molecule has 1 aliphatic carbocycles. The fourth-order valence-electron chi connectivity index (χ4n) is 3.16. The van der Waals surface area contributed by atoms with E-state index < -0.39 is 0 Å². The van der Waals surface area contributed by atoms with Crippen LogP contribution in [0.3, 0.4) is 0 Å². The second-order valence-corrected chi connectivity index (χ2v) is 6.70. The van der Waals surface area contributed by atoms with Gasteiger partial charge in [-0.15, -0.1) is 11.8 Å². The van der Waals surface area contributed by atoms with Gasteiger partial charge >= 0.3 is 0 Å². The van der Waals surface area contributed by atoms with Crippen LogP contribution in [0.1, 0.15) is 13.3 Å². The Morgan fingerprint density at radius 2 is 2.35 bits per heavy atom. The Kier molecular flexibility index (Phi) is 4.15. The molecular weight excluding hydrogens is 270 g/mol. The minimum atomic E-state index is -0.355. The first-order chi connectivity index (χ1) is 9.77. The number of hydrogen-bond acceptors (Lipinski definition) is 4. The van der Waals surface area contributed by atoms with Gasteiger partial charge in [-0.25, -0.2) is 0 Å². The highest BCUT2D eigenvalue weighted by atomic mass is 32.2. The molecule has 3 aliphatic rings. The molecule has 20 heavy (non-hydrogen) atoms. The van der Waals surface area contributed by atoms with Crippen LogP contribution in [0.15, 0.2) is 35.3 Å². The third-order valence-electron chi connectivity index (χ3n) is 4.37. The van der Waals surface area contributed by atoms with Crippen LogP contribution in [0.25, 0.3) is 0 Å². The quantitative estimate of drug-likeness (QED) is 0.843. The Bertz CT molecular complexity index is 475. The summed E-state index contributed by atoms with van der Waals surface area (Å²) in [5.41, 5.74) is 0.621. The lowest BCUT2D eigenvalue weighted by molar-refractivity contribution is -0.127. The molecular formula is C16H21NO2S. The molecule has 1 fully saturated rings. The minimum Gasteiger partial charge on any atom is -0.381 e. The number of allylic oxidation sites excluding steroid dienone is 4. The van der Waals surface area contributed by atoms with Gasteiger partial charge in [0, 0.05) is 29.9 Å². The van der Waals surface area contributed by atoms with E-state index in [4.69, 9.17) is 4.74 Å². The van der Waals surface area contributed by atoms with E-state index in [1.54, 1.807) is 11.8 Å². The Morgan fingerprint density at radius 3 is 3.10 bits per heavy atom. The fourth-order valence-corrected chi connectivity index (χ4v) is 4.32. The molecule has 3 unspecified atom stereocenters. The molecule has 0 spiro atoms. The molecule has 0 saturated carbocycles. The van der Waals surface area contributed by atoms with Crippen LogP contribution in [0.4, 0.5) is 0 Å². The maximum atomic E-state index is 13.1. The zero-order chi connectivity index (χ0) is 14.0. The molecule has 4 heteroatoms. The van der Waals surface area contributed by atoms with E-state index in [2.05, 4.69) is 35.0 Å². The van der Waals surface area contributed by atoms with Gasteiger partial charge in [-0.3, -0.25) is 4.79 Å². The van der Waals surface area contributed by atoms with Crippen molar-refractivity contribution in [2.75, 3.05) is 26.3 Å². The molecule has 3 nitrogen and oxygen atoms in total. The van der Waals surface area contributed by atoms with Crippen molar-refractivity contribution < 1.29 is 9.53 Å². The average molecular weight is 291 g/mol. The predicted molar refractivity (Wildman–Crippen MR) is 82.7 cm³/mol. The smallest absolute Gasteiger partial charge is 0.169 e. The fraction of sp³-hybridized carbons (Fsp3) is 0.562. The van der Waals surface area contributed by atoms with E-state index in [9.17, 15) is 4.79 Å². The van der Waals surface area contributed by atoms with Gasteiger partial charge < -0.3 is 10.1 Å². The van der Waals surface area contributed by atoms with Crippen molar-refractivity contribution in [3.05, 3.63) is 35.3 Å². The summed E-state index contributed by atoms with van der Waals surface area (Å²) < 4.78 is 5.61. The molecule has 2 heterocycles. The standard InChI is InChI=1S/C16H21NO2S/c1-2-19-11-16(7-8-17-10-16)15(18)13-9-20-14-6-4-3-5-12(13)14/h3-6,9,12,14,17H,2,7-8,10-11H2,1H3. The number of hydrogen-bond donors (Lipinski definition) is 1. The van der Waals surface area contributed by atoms with Gasteiger partial charge in [0.15, 0.2) is 5.78 Å². The molecule has 108 valence electrons. The number of rotatable bonds is 5. The van der Waals surface area contributed by atoms with Gasteiger partial charge in [0.05, 0.1) is 12.0 Å². The first-order valence-electron chi connectivity index (χ1n) is 7.31. The molecule has 3 rings (SSSR count). The summed E-state index contributed by atoms with van der Waals surface area (Å²) in [7, 11) is 0. The van der Waals surface area contributed by atoms with Crippen LogP contribution in [0, 0.1) is 11.3 Å². The third kappa shape index (κ3) is 2.41. The molecule has 0 aromatic carbocycles. The second-order valence-electron chi connectivity index (χ2n) is 5.64. The Hall–Kier alpha value is -0.840. The van der Waals surface area contributed by atoms with Gasteiger partial charge in [-0.2, -0.15) is 0 Å². The summed E-state index contributed by atoms with van der Waals surface area (Å²) in [6.07, 6.45) is 9.35. The van der Waals surface area contributed by atoms with Crippen molar-refractivity contribution in [3.63, 3.8) is 0 Å². The van der Waals surface area contributed by atoms with E-state index in [1.807, 2.05) is 6.92 Å². The monoisotopic (exact) mass is 291 g/mol. The van der Waals surface area contributed by atoms with E-state index in [0.29, 0.717) is 18.5 Å². The number of fused-ring (bicyclic) bond motifs is 1. The van der Waals surface area contributed by atoms with Crippen LogP contribution in [-0.4, -0.2) is 37.3 Å². The largest absolute Gasteiger partial charge is 0.381 e. The summed E-state index contributed by atoms with van der Waals surface area (Å²) in [6, 6.07) is 0. The average Bonchev–Trinajstić information content (AvgIpc) is 3.12. The number of ketones is 1. The number of carbonyl (C=O) groups excluding carboxylic acids is 1. The molecule has 0 aromatic heterocycles. The normalized spacial score (nSPS) is 35.1. The van der Waals surface area contributed by atoms with Crippen molar-refractivity contribution in [1.29, 1.82) is 0 Å². The molecule has 2 aliphatic heterocycles. The van der Waals surface area contributed by atoms with Gasteiger partial charge in [0.2, 0.25) is 0 Å². The summed E-state index contributed by atoms with van der Waals surface area (Å²) in [5, 5.41) is 5.81. The zero-order valence-electron chi connectivity index (χ0n) is 11.8. The summed E-state index contributed by atoms with van der Waals surface area (Å²) in [5.74, 6) is 0.535. The molecule has 3 atom stereocenters. The van der Waals surface area contributed by atoms with E-state index in [1.165, 1.54) is 0 Å². The van der Waals surface area contributed by atoms with Gasteiger partial charge in [-0.05, 0) is 25.3 Å².